The first-order valence-electron chi connectivity index (χ1n) is 11.8. The van der Waals surface area contributed by atoms with Gasteiger partial charge >= 0.3 is 0 Å². The quantitative estimate of drug-likeness (QED) is 0.637. The number of hydrogen-bond acceptors (Lipinski definition) is 4. The molecule has 33 heavy (non-hydrogen) atoms. The fourth-order valence-corrected chi connectivity index (χ4v) is 4.98. The molecule has 1 fully saturated rings. The van der Waals surface area contributed by atoms with Gasteiger partial charge in [0.1, 0.15) is 0 Å². The number of halogens is 1. The van der Waals surface area contributed by atoms with Crippen LogP contribution in [0.4, 0.5) is 0 Å². The van der Waals surface area contributed by atoms with Crippen LogP contribution in [0.15, 0.2) is 48.5 Å². The van der Waals surface area contributed by atoms with Crippen LogP contribution in [-0.4, -0.2) is 67.6 Å². The van der Waals surface area contributed by atoms with Crippen molar-refractivity contribution in [3.8, 4) is 0 Å². The van der Waals surface area contributed by atoms with Crippen molar-refractivity contribution in [1.29, 1.82) is 0 Å². The third kappa shape index (κ3) is 5.40. The fourth-order valence-electron chi connectivity index (χ4n) is 4.78. The third-order valence-corrected chi connectivity index (χ3v) is 6.73. The average molecular weight is 470 g/mol. The maximum absolute atomic E-state index is 13.7. The van der Waals surface area contributed by atoms with E-state index < -0.39 is 12.0 Å². The Morgan fingerprint density at radius 2 is 1.91 bits per heavy atom. The maximum atomic E-state index is 13.7. The molecule has 0 aromatic heterocycles. The van der Waals surface area contributed by atoms with Gasteiger partial charge in [0.05, 0.1) is 25.2 Å². The van der Waals surface area contributed by atoms with E-state index in [4.69, 9.17) is 16.3 Å². The van der Waals surface area contributed by atoms with E-state index in [9.17, 15) is 9.59 Å². The number of hydrogen-bond donors (Lipinski definition) is 1. The molecule has 176 valence electrons. The molecular weight excluding hydrogens is 438 g/mol. The van der Waals surface area contributed by atoms with E-state index in [2.05, 4.69) is 17.1 Å². The van der Waals surface area contributed by atoms with Crippen LogP contribution < -0.4 is 5.32 Å². The molecular formula is C26H32ClN3O3. The van der Waals surface area contributed by atoms with Gasteiger partial charge in [-0.15, -0.1) is 0 Å². The summed E-state index contributed by atoms with van der Waals surface area (Å²) in [7, 11) is 0. The molecule has 2 aliphatic heterocycles. The number of morpholine rings is 1. The van der Waals surface area contributed by atoms with Crippen molar-refractivity contribution < 1.29 is 14.3 Å². The van der Waals surface area contributed by atoms with E-state index >= 15 is 0 Å². The first-order chi connectivity index (χ1) is 16.1. The van der Waals surface area contributed by atoms with Crippen LogP contribution in [0.3, 0.4) is 0 Å². The number of unbranched alkanes of at least 4 members (excludes halogenated alkanes) is 1. The summed E-state index contributed by atoms with van der Waals surface area (Å²) in [5.41, 5.74) is 2.28. The second-order valence-corrected chi connectivity index (χ2v) is 9.10. The summed E-state index contributed by atoms with van der Waals surface area (Å²) < 4.78 is 5.41. The molecule has 2 atom stereocenters. The Morgan fingerprint density at radius 3 is 2.67 bits per heavy atom. The summed E-state index contributed by atoms with van der Waals surface area (Å²) in [6.07, 6.45) is 1.83. The van der Waals surface area contributed by atoms with Gasteiger partial charge in [-0.25, -0.2) is 0 Å². The van der Waals surface area contributed by atoms with Crippen molar-refractivity contribution in [2.75, 3.05) is 45.9 Å². The monoisotopic (exact) mass is 469 g/mol. The molecule has 0 spiro atoms. The molecule has 0 radical (unpaired) electrons. The number of fused-ring (bicyclic) bond motifs is 1. The number of carbonyl (C=O) groups excluding carboxylic acids is 2. The van der Waals surface area contributed by atoms with Gasteiger partial charge in [-0.1, -0.05) is 55.3 Å². The molecule has 2 amide bonds. The molecule has 1 saturated heterocycles. The Morgan fingerprint density at radius 1 is 1.12 bits per heavy atom. The van der Waals surface area contributed by atoms with Gasteiger partial charge in [0.15, 0.2) is 0 Å². The normalized spacial score (nSPS) is 21.0. The lowest BCUT2D eigenvalue weighted by Gasteiger charge is -2.42. The van der Waals surface area contributed by atoms with E-state index in [0.29, 0.717) is 23.7 Å². The minimum atomic E-state index is -0.501. The van der Waals surface area contributed by atoms with Crippen LogP contribution in [0.1, 0.15) is 53.2 Å². The highest BCUT2D eigenvalue weighted by Gasteiger charge is 2.43. The van der Waals surface area contributed by atoms with E-state index in [0.717, 1.165) is 56.8 Å². The Balaban J connectivity index is 1.65. The van der Waals surface area contributed by atoms with Crippen molar-refractivity contribution in [2.45, 2.75) is 31.7 Å². The standard InChI is InChI=1S/C26H32ClN3O3/c1-2-3-12-30-24(19-7-6-8-20(27)18-19)23(21-9-4-5-10-22(21)26(30)32)25(31)28-11-13-29-14-16-33-17-15-29/h4-10,18,23-24H,2-3,11-17H2,1H3,(H,28,31)/t23-,24-/m1/s1. The molecule has 0 bridgehead atoms. The van der Waals surface area contributed by atoms with Gasteiger partial charge in [0.25, 0.3) is 5.91 Å². The smallest absolute Gasteiger partial charge is 0.254 e. The third-order valence-electron chi connectivity index (χ3n) is 6.49. The van der Waals surface area contributed by atoms with Gasteiger partial charge < -0.3 is 15.0 Å². The second-order valence-electron chi connectivity index (χ2n) is 8.66. The molecule has 2 aromatic carbocycles. The first kappa shape index (κ1) is 23.7. The van der Waals surface area contributed by atoms with E-state index in [1.807, 2.05) is 53.4 Å². The molecule has 7 heteroatoms. The summed E-state index contributed by atoms with van der Waals surface area (Å²) in [5, 5.41) is 3.75. The minimum Gasteiger partial charge on any atom is -0.379 e. The second kappa shape index (κ2) is 11.1. The van der Waals surface area contributed by atoms with Crippen molar-refractivity contribution in [3.05, 3.63) is 70.2 Å². The summed E-state index contributed by atoms with van der Waals surface area (Å²) >= 11 is 6.33. The van der Waals surface area contributed by atoms with Gasteiger partial charge in [0.2, 0.25) is 5.91 Å². The first-order valence-corrected chi connectivity index (χ1v) is 12.2. The van der Waals surface area contributed by atoms with Crippen LogP contribution >= 0.6 is 11.6 Å². The SMILES string of the molecule is CCCCN1C(=O)c2ccccc2[C@@H](C(=O)NCCN2CCOCC2)[C@H]1c1cccc(Cl)c1. The zero-order valence-electron chi connectivity index (χ0n) is 19.1. The lowest BCUT2D eigenvalue weighted by Crippen LogP contribution is -2.49. The number of benzene rings is 2. The molecule has 0 unspecified atom stereocenters. The largest absolute Gasteiger partial charge is 0.379 e. The zero-order valence-corrected chi connectivity index (χ0v) is 19.9. The Kier molecular flexibility index (Phi) is 8.02. The van der Waals surface area contributed by atoms with Crippen molar-refractivity contribution >= 4 is 23.4 Å². The topological polar surface area (TPSA) is 61.9 Å². The van der Waals surface area contributed by atoms with E-state index in [-0.39, 0.29) is 11.8 Å². The lowest BCUT2D eigenvalue weighted by atomic mass is 9.79. The predicted molar refractivity (Wildman–Crippen MR) is 130 cm³/mol. The van der Waals surface area contributed by atoms with Gasteiger partial charge in [-0.05, 0) is 35.7 Å². The van der Waals surface area contributed by atoms with Crippen LogP contribution in [-0.2, 0) is 9.53 Å². The summed E-state index contributed by atoms with van der Waals surface area (Å²) in [5.74, 6) is -0.588. The summed E-state index contributed by atoms with van der Waals surface area (Å²) in [4.78, 5) is 31.4. The Labute approximate surface area is 200 Å². The van der Waals surface area contributed by atoms with Gasteiger partial charge in [0, 0.05) is 43.3 Å². The van der Waals surface area contributed by atoms with Crippen LogP contribution in [0.2, 0.25) is 5.02 Å². The number of nitrogens with zero attached hydrogens (tertiary/aromatic N) is 2. The number of ether oxygens (including phenoxy) is 1. The van der Waals surface area contributed by atoms with Gasteiger partial charge in [-0.2, -0.15) is 0 Å². The van der Waals surface area contributed by atoms with Crippen molar-refractivity contribution in [1.82, 2.24) is 15.1 Å². The molecule has 2 aromatic rings. The van der Waals surface area contributed by atoms with Crippen LogP contribution in [0, 0.1) is 0 Å². The van der Waals surface area contributed by atoms with Crippen LogP contribution in [0.25, 0.3) is 0 Å². The zero-order chi connectivity index (χ0) is 23.2. The fraction of sp³-hybridized carbons (Fsp3) is 0.462. The molecule has 1 N–H and O–H groups in total. The molecule has 0 aliphatic carbocycles. The maximum Gasteiger partial charge on any atom is 0.254 e. The molecule has 2 heterocycles. The Hall–Kier alpha value is -2.41. The number of carbonyl (C=O) groups is 2. The van der Waals surface area contributed by atoms with E-state index in [1.165, 1.54) is 0 Å². The highest BCUT2D eigenvalue weighted by molar-refractivity contribution is 6.30. The highest BCUT2D eigenvalue weighted by Crippen LogP contribution is 2.43. The number of nitrogens with one attached hydrogen (secondary N) is 1. The van der Waals surface area contributed by atoms with Crippen molar-refractivity contribution in [3.63, 3.8) is 0 Å². The lowest BCUT2D eigenvalue weighted by molar-refractivity contribution is -0.124. The average Bonchev–Trinajstić information content (AvgIpc) is 2.84. The Bertz CT molecular complexity index is 977. The van der Waals surface area contributed by atoms with Gasteiger partial charge in [-0.3, -0.25) is 14.5 Å². The van der Waals surface area contributed by atoms with E-state index in [1.54, 1.807) is 0 Å². The van der Waals surface area contributed by atoms with Crippen molar-refractivity contribution in [2.24, 2.45) is 0 Å². The molecule has 4 rings (SSSR count). The molecule has 2 aliphatic rings. The highest BCUT2D eigenvalue weighted by atomic mass is 35.5. The summed E-state index contributed by atoms with van der Waals surface area (Å²) in [6.45, 7) is 7.27. The number of rotatable bonds is 8. The predicted octanol–water partition coefficient (Wildman–Crippen LogP) is 3.87. The minimum absolute atomic E-state index is 0.0265. The molecule has 6 nitrogen and oxygen atoms in total. The molecule has 0 saturated carbocycles. The number of amides is 2. The summed E-state index contributed by atoms with van der Waals surface area (Å²) in [6, 6.07) is 14.6. The van der Waals surface area contributed by atoms with Crippen LogP contribution in [0.5, 0.6) is 0 Å².